The Morgan fingerprint density at radius 2 is 2.09 bits per heavy atom. The van der Waals surface area contributed by atoms with Crippen molar-refractivity contribution in [3.05, 3.63) is 0 Å². The first kappa shape index (κ1) is 17.5. The fourth-order valence-electron chi connectivity index (χ4n) is 2.85. The lowest BCUT2D eigenvalue weighted by Gasteiger charge is -2.37. The standard InChI is InChI=1S/C14H23F3N2O3/c15-14(16,17)10-18(4-1-6-20)8-13(21)19-5-7-22-9-12(19)11-2-3-11/h11-12,20H,1-10H2. The number of rotatable bonds is 7. The largest absolute Gasteiger partial charge is 0.401 e. The Labute approximate surface area is 128 Å². The number of amides is 1. The van der Waals surface area contributed by atoms with Gasteiger partial charge in [-0.2, -0.15) is 13.2 Å². The van der Waals surface area contributed by atoms with Crippen molar-refractivity contribution in [2.24, 2.45) is 5.92 Å². The van der Waals surface area contributed by atoms with Crippen LogP contribution in [0.15, 0.2) is 0 Å². The minimum Gasteiger partial charge on any atom is -0.396 e. The molecule has 8 heteroatoms. The molecule has 128 valence electrons. The summed E-state index contributed by atoms with van der Waals surface area (Å²) in [7, 11) is 0. The number of ether oxygens (including phenoxy) is 1. The summed E-state index contributed by atoms with van der Waals surface area (Å²) in [6, 6.07) is 0.00632. The Hall–Kier alpha value is -0.860. The van der Waals surface area contributed by atoms with Crippen molar-refractivity contribution < 1.29 is 27.8 Å². The molecule has 1 heterocycles. The average molecular weight is 324 g/mol. The minimum atomic E-state index is -4.35. The van der Waals surface area contributed by atoms with Crippen molar-refractivity contribution in [3.8, 4) is 0 Å². The van der Waals surface area contributed by atoms with E-state index < -0.39 is 12.7 Å². The van der Waals surface area contributed by atoms with Gasteiger partial charge in [-0.3, -0.25) is 9.69 Å². The average Bonchev–Trinajstić information content (AvgIpc) is 3.27. The maximum absolute atomic E-state index is 12.6. The normalized spacial score (nSPS) is 23.1. The molecule has 0 radical (unpaired) electrons. The third-order valence-corrected chi connectivity index (χ3v) is 4.05. The van der Waals surface area contributed by atoms with E-state index in [1.807, 2.05) is 0 Å². The molecular formula is C14H23F3N2O3. The van der Waals surface area contributed by atoms with E-state index in [0.717, 1.165) is 17.7 Å². The summed E-state index contributed by atoms with van der Waals surface area (Å²) in [5, 5.41) is 8.80. The topological polar surface area (TPSA) is 53.0 Å². The SMILES string of the molecule is O=C(CN(CCCO)CC(F)(F)F)N1CCOCC1C1CC1. The van der Waals surface area contributed by atoms with Crippen LogP contribution in [0.2, 0.25) is 0 Å². The summed E-state index contributed by atoms with van der Waals surface area (Å²) in [6.07, 6.45) is -2.03. The van der Waals surface area contributed by atoms with Crippen molar-refractivity contribution in [2.75, 3.05) is 46.0 Å². The predicted octanol–water partition coefficient (Wildman–Crippen LogP) is 0.871. The molecule has 1 unspecified atom stereocenters. The van der Waals surface area contributed by atoms with Crippen molar-refractivity contribution in [2.45, 2.75) is 31.5 Å². The van der Waals surface area contributed by atoms with Gasteiger partial charge in [-0.25, -0.2) is 0 Å². The Morgan fingerprint density at radius 1 is 1.36 bits per heavy atom. The van der Waals surface area contributed by atoms with Gasteiger partial charge in [0, 0.05) is 19.7 Å². The van der Waals surface area contributed by atoms with E-state index in [1.165, 1.54) is 0 Å². The van der Waals surface area contributed by atoms with Crippen molar-refractivity contribution >= 4 is 5.91 Å². The molecule has 22 heavy (non-hydrogen) atoms. The van der Waals surface area contributed by atoms with Crippen molar-refractivity contribution in [3.63, 3.8) is 0 Å². The molecule has 5 nitrogen and oxygen atoms in total. The molecule has 0 bridgehead atoms. The lowest BCUT2D eigenvalue weighted by atomic mass is 10.1. The zero-order chi connectivity index (χ0) is 16.2. The van der Waals surface area contributed by atoms with Gasteiger partial charge in [0.1, 0.15) is 0 Å². The number of alkyl halides is 3. The molecule has 1 atom stereocenters. The molecule has 1 amide bonds. The van der Waals surface area contributed by atoms with Gasteiger partial charge in [-0.15, -0.1) is 0 Å². The molecule has 1 aliphatic heterocycles. The Balaban J connectivity index is 1.92. The Morgan fingerprint density at radius 3 is 2.68 bits per heavy atom. The number of aliphatic hydroxyl groups excluding tert-OH is 1. The molecule has 0 aromatic rings. The number of hydrogen-bond donors (Lipinski definition) is 1. The summed E-state index contributed by atoms with van der Waals surface area (Å²) in [5.41, 5.74) is 0. The number of halogens is 3. The molecule has 2 rings (SSSR count). The fraction of sp³-hybridized carbons (Fsp3) is 0.929. The number of nitrogens with zero attached hydrogens (tertiary/aromatic N) is 2. The summed E-state index contributed by atoms with van der Waals surface area (Å²) >= 11 is 0. The van der Waals surface area contributed by atoms with Gasteiger partial charge in [0.25, 0.3) is 0 Å². The van der Waals surface area contributed by atoms with Crippen LogP contribution in [-0.2, 0) is 9.53 Å². The lowest BCUT2D eigenvalue weighted by Crippen LogP contribution is -2.53. The van der Waals surface area contributed by atoms with Crippen LogP contribution in [0, 0.1) is 5.92 Å². The zero-order valence-electron chi connectivity index (χ0n) is 12.5. The summed E-state index contributed by atoms with van der Waals surface area (Å²) < 4.78 is 43.2. The van der Waals surface area contributed by atoms with Gasteiger partial charge < -0.3 is 14.7 Å². The predicted molar refractivity (Wildman–Crippen MR) is 73.2 cm³/mol. The van der Waals surface area contributed by atoms with Crippen LogP contribution >= 0.6 is 0 Å². The maximum atomic E-state index is 12.6. The van der Waals surface area contributed by atoms with E-state index in [9.17, 15) is 18.0 Å². The highest BCUT2D eigenvalue weighted by Gasteiger charge is 2.40. The molecule has 2 aliphatic rings. The molecule has 1 saturated heterocycles. The highest BCUT2D eigenvalue weighted by atomic mass is 19.4. The van der Waals surface area contributed by atoms with E-state index in [-0.39, 0.29) is 38.1 Å². The van der Waals surface area contributed by atoms with Crippen LogP contribution in [0.4, 0.5) is 13.2 Å². The third kappa shape index (κ3) is 5.40. The summed E-state index contributed by atoms with van der Waals surface area (Å²) in [5.74, 6) is 0.153. The van der Waals surface area contributed by atoms with Gasteiger partial charge in [0.2, 0.25) is 5.91 Å². The third-order valence-electron chi connectivity index (χ3n) is 4.05. The van der Waals surface area contributed by atoms with E-state index >= 15 is 0 Å². The number of carbonyl (C=O) groups excluding carboxylic acids is 1. The van der Waals surface area contributed by atoms with Crippen LogP contribution < -0.4 is 0 Å². The van der Waals surface area contributed by atoms with Gasteiger partial charge in [-0.1, -0.05) is 0 Å². The van der Waals surface area contributed by atoms with Crippen LogP contribution in [0.1, 0.15) is 19.3 Å². The van der Waals surface area contributed by atoms with Gasteiger partial charge in [-0.05, 0) is 25.2 Å². The fourth-order valence-corrected chi connectivity index (χ4v) is 2.85. The molecule has 1 saturated carbocycles. The first-order valence-corrected chi connectivity index (χ1v) is 7.68. The minimum absolute atomic E-state index is 0.00632. The first-order chi connectivity index (χ1) is 10.4. The van der Waals surface area contributed by atoms with Gasteiger partial charge >= 0.3 is 6.18 Å². The van der Waals surface area contributed by atoms with Crippen LogP contribution in [0.3, 0.4) is 0 Å². The number of hydrogen-bond acceptors (Lipinski definition) is 4. The zero-order valence-corrected chi connectivity index (χ0v) is 12.5. The smallest absolute Gasteiger partial charge is 0.396 e. The summed E-state index contributed by atoms with van der Waals surface area (Å²) in [4.78, 5) is 15.2. The molecule has 1 aliphatic carbocycles. The molecule has 2 fully saturated rings. The first-order valence-electron chi connectivity index (χ1n) is 7.68. The monoisotopic (exact) mass is 324 g/mol. The lowest BCUT2D eigenvalue weighted by molar-refractivity contribution is -0.155. The van der Waals surface area contributed by atoms with E-state index in [0.29, 0.717) is 25.7 Å². The molecule has 0 aromatic carbocycles. The van der Waals surface area contributed by atoms with E-state index in [1.54, 1.807) is 4.90 Å². The molecule has 1 N–H and O–H groups in total. The Kier molecular flexibility index (Phi) is 6.05. The van der Waals surface area contributed by atoms with Crippen molar-refractivity contribution in [1.82, 2.24) is 9.80 Å². The van der Waals surface area contributed by atoms with Gasteiger partial charge in [0.05, 0.1) is 32.3 Å². The number of carbonyl (C=O) groups is 1. The Bertz CT molecular complexity index is 375. The van der Waals surface area contributed by atoms with E-state index in [4.69, 9.17) is 9.84 Å². The molecular weight excluding hydrogens is 301 g/mol. The number of morpholine rings is 1. The van der Waals surface area contributed by atoms with Crippen molar-refractivity contribution in [1.29, 1.82) is 0 Å². The highest BCUT2D eigenvalue weighted by molar-refractivity contribution is 5.78. The molecule has 0 spiro atoms. The van der Waals surface area contributed by atoms with E-state index in [2.05, 4.69) is 0 Å². The van der Waals surface area contributed by atoms with Crippen LogP contribution in [0.25, 0.3) is 0 Å². The van der Waals surface area contributed by atoms with Gasteiger partial charge in [0.15, 0.2) is 0 Å². The second-order valence-corrected chi connectivity index (χ2v) is 5.97. The highest BCUT2D eigenvalue weighted by Crippen LogP contribution is 2.36. The maximum Gasteiger partial charge on any atom is 0.401 e. The quantitative estimate of drug-likeness (QED) is 0.755. The summed E-state index contributed by atoms with van der Waals surface area (Å²) in [6.45, 7) is -0.165. The second-order valence-electron chi connectivity index (χ2n) is 5.97. The molecule has 0 aromatic heterocycles. The second kappa shape index (κ2) is 7.61. The van der Waals surface area contributed by atoms with Crippen LogP contribution in [0.5, 0.6) is 0 Å². The number of aliphatic hydroxyl groups is 1. The van der Waals surface area contributed by atoms with Crippen LogP contribution in [-0.4, -0.2) is 79.0 Å².